The number of rotatable bonds is 4. The van der Waals surface area contributed by atoms with Gasteiger partial charge in [0.15, 0.2) is 0 Å². The van der Waals surface area contributed by atoms with Crippen LogP contribution in [-0.4, -0.2) is 74.7 Å². The lowest BCUT2D eigenvalue weighted by Gasteiger charge is -2.46. The molecule has 4 heteroatoms. The Balaban J connectivity index is 1.18. The third-order valence-electron chi connectivity index (χ3n) is 6.10. The van der Waals surface area contributed by atoms with Crippen LogP contribution >= 0.6 is 0 Å². The first kappa shape index (κ1) is 16.4. The van der Waals surface area contributed by atoms with E-state index in [4.69, 9.17) is 0 Å². The summed E-state index contributed by atoms with van der Waals surface area (Å²) in [5.41, 5.74) is 2.75. The van der Waals surface area contributed by atoms with E-state index in [-0.39, 0.29) is 0 Å². The van der Waals surface area contributed by atoms with Crippen molar-refractivity contribution in [2.24, 2.45) is 5.92 Å². The van der Waals surface area contributed by atoms with Gasteiger partial charge in [-0.15, -0.1) is 0 Å². The molecule has 0 spiro atoms. The predicted octanol–water partition coefficient (Wildman–Crippen LogP) is 1.80. The van der Waals surface area contributed by atoms with Crippen molar-refractivity contribution >= 4 is 5.69 Å². The van der Waals surface area contributed by atoms with Gasteiger partial charge < -0.3 is 15.1 Å². The van der Waals surface area contributed by atoms with Gasteiger partial charge in [0.2, 0.25) is 0 Å². The number of piperidine rings is 1. The van der Waals surface area contributed by atoms with Crippen molar-refractivity contribution < 1.29 is 0 Å². The Bertz CT molecular complexity index is 509. The summed E-state index contributed by atoms with van der Waals surface area (Å²) in [6.07, 6.45) is 2.68. The van der Waals surface area contributed by atoms with Crippen molar-refractivity contribution in [2.45, 2.75) is 25.8 Å². The zero-order chi connectivity index (χ0) is 16.4. The average molecular weight is 329 g/mol. The molecule has 3 aliphatic heterocycles. The molecule has 4 nitrogen and oxygen atoms in total. The van der Waals surface area contributed by atoms with Gasteiger partial charge in [-0.25, -0.2) is 0 Å². The topological polar surface area (TPSA) is 21.8 Å². The molecule has 3 aliphatic rings. The van der Waals surface area contributed by atoms with Gasteiger partial charge in [0, 0.05) is 63.5 Å². The quantitative estimate of drug-likeness (QED) is 0.910. The van der Waals surface area contributed by atoms with Crippen molar-refractivity contribution in [1.82, 2.24) is 15.1 Å². The summed E-state index contributed by atoms with van der Waals surface area (Å²) in [4.78, 5) is 7.97. The van der Waals surface area contributed by atoms with Gasteiger partial charge in [0.1, 0.15) is 0 Å². The number of benzene rings is 1. The van der Waals surface area contributed by atoms with E-state index in [2.05, 4.69) is 51.2 Å². The van der Waals surface area contributed by atoms with Crippen molar-refractivity contribution in [3.8, 4) is 0 Å². The maximum atomic E-state index is 3.48. The van der Waals surface area contributed by atoms with Gasteiger partial charge in [0.05, 0.1) is 0 Å². The van der Waals surface area contributed by atoms with Crippen LogP contribution in [0.25, 0.3) is 0 Å². The van der Waals surface area contributed by atoms with Crippen LogP contribution in [0.1, 0.15) is 18.4 Å². The average Bonchev–Trinajstić information content (AvgIpc) is 2.60. The highest BCUT2D eigenvalue weighted by Gasteiger charge is 2.31. The Labute approximate surface area is 146 Å². The smallest absolute Gasteiger partial charge is 0.0366 e. The van der Waals surface area contributed by atoms with E-state index in [0.29, 0.717) is 0 Å². The molecule has 24 heavy (non-hydrogen) atoms. The van der Waals surface area contributed by atoms with E-state index in [0.717, 1.165) is 12.0 Å². The lowest BCUT2D eigenvalue weighted by molar-refractivity contribution is 0.0707. The fourth-order valence-electron chi connectivity index (χ4n) is 4.50. The number of hydrogen-bond donors (Lipinski definition) is 1. The fraction of sp³-hybridized carbons (Fsp3) is 0.700. The molecule has 0 atom stereocenters. The SMILES string of the molecule is Cc1ccc(N2CC(CN3CCN(C4CCNCC4)CC3)C2)cc1. The van der Waals surface area contributed by atoms with Crippen LogP contribution in [-0.2, 0) is 0 Å². The van der Waals surface area contributed by atoms with E-state index in [1.807, 2.05) is 0 Å². The number of nitrogens with zero attached hydrogens (tertiary/aromatic N) is 3. The zero-order valence-electron chi connectivity index (χ0n) is 15.1. The van der Waals surface area contributed by atoms with Gasteiger partial charge in [-0.2, -0.15) is 0 Å². The standard InChI is InChI=1S/C20H32N4/c1-17-2-4-19(5-3-17)24-15-18(16-24)14-22-10-12-23(13-11-22)20-6-8-21-9-7-20/h2-5,18,20-21H,6-16H2,1H3. The molecule has 1 N–H and O–H groups in total. The second kappa shape index (κ2) is 7.42. The Morgan fingerprint density at radius 3 is 2.29 bits per heavy atom. The van der Waals surface area contributed by atoms with Gasteiger partial charge in [0.25, 0.3) is 0 Å². The summed E-state index contributed by atoms with van der Waals surface area (Å²) in [7, 11) is 0. The molecule has 0 unspecified atom stereocenters. The Morgan fingerprint density at radius 2 is 1.62 bits per heavy atom. The minimum atomic E-state index is 0.842. The molecule has 0 amide bonds. The highest BCUT2D eigenvalue weighted by molar-refractivity contribution is 5.49. The molecule has 1 aromatic rings. The number of anilines is 1. The van der Waals surface area contributed by atoms with Crippen LogP contribution in [0.4, 0.5) is 5.69 Å². The zero-order valence-corrected chi connectivity index (χ0v) is 15.1. The molecule has 132 valence electrons. The van der Waals surface area contributed by atoms with E-state index >= 15 is 0 Å². The van der Waals surface area contributed by atoms with Crippen LogP contribution in [0.3, 0.4) is 0 Å². The van der Waals surface area contributed by atoms with Crippen molar-refractivity contribution in [2.75, 3.05) is 63.8 Å². The van der Waals surface area contributed by atoms with Crippen molar-refractivity contribution in [1.29, 1.82) is 0 Å². The molecule has 0 aromatic heterocycles. The molecule has 0 bridgehead atoms. The van der Waals surface area contributed by atoms with Crippen LogP contribution in [0.2, 0.25) is 0 Å². The second-order valence-electron chi connectivity index (χ2n) is 7.92. The summed E-state index contributed by atoms with van der Waals surface area (Å²) in [6.45, 7) is 13.4. The number of aryl methyl sites for hydroxylation is 1. The van der Waals surface area contributed by atoms with E-state index in [1.54, 1.807) is 0 Å². The van der Waals surface area contributed by atoms with Crippen LogP contribution in [0.15, 0.2) is 24.3 Å². The number of nitrogens with one attached hydrogen (secondary N) is 1. The van der Waals surface area contributed by atoms with Crippen LogP contribution in [0, 0.1) is 12.8 Å². The normalized spacial score (nSPS) is 25.0. The maximum absolute atomic E-state index is 3.48. The maximum Gasteiger partial charge on any atom is 0.0366 e. The molecule has 3 heterocycles. The van der Waals surface area contributed by atoms with Crippen LogP contribution in [0.5, 0.6) is 0 Å². The number of hydrogen-bond acceptors (Lipinski definition) is 4. The largest absolute Gasteiger partial charge is 0.371 e. The van der Waals surface area contributed by atoms with Gasteiger partial charge in [-0.3, -0.25) is 4.90 Å². The molecule has 3 fully saturated rings. The monoisotopic (exact) mass is 328 g/mol. The second-order valence-corrected chi connectivity index (χ2v) is 7.92. The Kier molecular flexibility index (Phi) is 5.06. The van der Waals surface area contributed by atoms with E-state index in [9.17, 15) is 0 Å². The highest BCUT2D eigenvalue weighted by atomic mass is 15.3. The first-order chi connectivity index (χ1) is 11.8. The summed E-state index contributed by atoms with van der Waals surface area (Å²) >= 11 is 0. The summed E-state index contributed by atoms with van der Waals surface area (Å²) in [5.74, 6) is 0.858. The third-order valence-corrected chi connectivity index (χ3v) is 6.10. The van der Waals surface area contributed by atoms with Gasteiger partial charge in [-0.1, -0.05) is 17.7 Å². The van der Waals surface area contributed by atoms with Crippen LogP contribution < -0.4 is 10.2 Å². The Morgan fingerprint density at radius 1 is 0.958 bits per heavy atom. The first-order valence-electron chi connectivity index (χ1n) is 9.77. The van der Waals surface area contributed by atoms with Crippen molar-refractivity contribution in [3.63, 3.8) is 0 Å². The molecule has 0 radical (unpaired) electrons. The molecule has 3 saturated heterocycles. The predicted molar refractivity (Wildman–Crippen MR) is 101 cm³/mol. The minimum Gasteiger partial charge on any atom is -0.371 e. The summed E-state index contributed by atoms with van der Waals surface area (Å²) < 4.78 is 0. The Hall–Kier alpha value is -1.10. The number of piperazine rings is 1. The first-order valence-corrected chi connectivity index (χ1v) is 9.77. The lowest BCUT2D eigenvalue weighted by Crippen LogP contribution is -2.56. The van der Waals surface area contributed by atoms with E-state index in [1.165, 1.54) is 83.0 Å². The molecule has 0 aliphatic carbocycles. The lowest BCUT2D eigenvalue weighted by atomic mass is 9.97. The summed E-state index contributed by atoms with van der Waals surface area (Å²) in [5, 5.41) is 3.48. The molecular weight excluding hydrogens is 296 g/mol. The van der Waals surface area contributed by atoms with Gasteiger partial charge in [-0.05, 0) is 45.0 Å². The van der Waals surface area contributed by atoms with E-state index < -0.39 is 0 Å². The molecular formula is C20H32N4. The summed E-state index contributed by atoms with van der Waals surface area (Å²) in [6, 6.07) is 9.83. The van der Waals surface area contributed by atoms with Gasteiger partial charge >= 0.3 is 0 Å². The molecule has 1 aromatic carbocycles. The minimum absolute atomic E-state index is 0.842. The fourth-order valence-corrected chi connectivity index (χ4v) is 4.50. The molecule has 0 saturated carbocycles. The third kappa shape index (κ3) is 3.76. The molecule has 4 rings (SSSR count). The van der Waals surface area contributed by atoms with Crippen molar-refractivity contribution in [3.05, 3.63) is 29.8 Å². The highest BCUT2D eigenvalue weighted by Crippen LogP contribution is 2.26.